The van der Waals surface area contributed by atoms with Gasteiger partial charge in [-0.1, -0.05) is 13.3 Å². The van der Waals surface area contributed by atoms with Crippen LogP contribution in [0, 0.1) is 5.92 Å². The average Bonchev–Trinajstić information content (AvgIpc) is 2.68. The molecule has 1 aliphatic carbocycles. The van der Waals surface area contributed by atoms with Crippen LogP contribution in [0.4, 0.5) is 4.79 Å². The van der Waals surface area contributed by atoms with Gasteiger partial charge in [-0.15, -0.1) is 0 Å². The molecule has 20 heavy (non-hydrogen) atoms. The predicted octanol–water partition coefficient (Wildman–Crippen LogP) is 0.362. The highest BCUT2D eigenvalue weighted by Gasteiger charge is 2.27. The lowest BCUT2D eigenvalue weighted by Gasteiger charge is -2.20. The molecule has 116 valence electrons. The Morgan fingerprint density at radius 2 is 2.00 bits per heavy atom. The summed E-state index contributed by atoms with van der Waals surface area (Å²) >= 11 is 0. The molecule has 3 N–H and O–H groups in total. The van der Waals surface area contributed by atoms with Gasteiger partial charge >= 0.3 is 12.0 Å². The molecular weight excluding hydrogens is 284 g/mol. The number of hydrogen-bond donors (Lipinski definition) is 3. The monoisotopic (exact) mass is 306 g/mol. The van der Waals surface area contributed by atoms with Crippen LogP contribution in [0.15, 0.2) is 0 Å². The van der Waals surface area contributed by atoms with Crippen LogP contribution in [0.25, 0.3) is 0 Å². The summed E-state index contributed by atoms with van der Waals surface area (Å²) < 4.78 is 22.1. The number of amides is 2. The maximum Gasteiger partial charge on any atom is 0.326 e. The van der Waals surface area contributed by atoms with Crippen molar-refractivity contribution in [2.24, 2.45) is 5.92 Å². The summed E-state index contributed by atoms with van der Waals surface area (Å²) in [5.41, 5.74) is 0. The molecule has 1 aliphatic rings. The van der Waals surface area contributed by atoms with Gasteiger partial charge in [-0.05, 0) is 25.2 Å². The van der Waals surface area contributed by atoms with Gasteiger partial charge in [0.25, 0.3) is 0 Å². The standard InChI is InChI=1S/C12H22N2O5S/c1-8-4-3-5-9(8)13-12(17)14-10(11(15)16)6-7-20(2,18)19/h8-10H,3-7H2,1-2H3,(H,15,16)(H2,13,14,17). The van der Waals surface area contributed by atoms with Crippen molar-refractivity contribution in [3.63, 3.8) is 0 Å². The van der Waals surface area contributed by atoms with E-state index in [4.69, 9.17) is 5.11 Å². The third-order valence-electron chi connectivity index (χ3n) is 3.56. The number of carbonyl (C=O) groups is 2. The molecule has 0 aromatic carbocycles. The second-order valence-electron chi connectivity index (χ2n) is 5.44. The summed E-state index contributed by atoms with van der Waals surface area (Å²) in [5, 5.41) is 14.1. The van der Waals surface area contributed by atoms with Crippen LogP contribution in [-0.4, -0.2) is 49.6 Å². The quantitative estimate of drug-likeness (QED) is 0.656. The molecular formula is C12H22N2O5S. The van der Waals surface area contributed by atoms with Crippen LogP contribution >= 0.6 is 0 Å². The summed E-state index contributed by atoms with van der Waals surface area (Å²) in [6.45, 7) is 2.04. The van der Waals surface area contributed by atoms with E-state index in [1.54, 1.807) is 0 Å². The van der Waals surface area contributed by atoms with Gasteiger partial charge in [0.05, 0.1) is 5.75 Å². The summed E-state index contributed by atoms with van der Waals surface area (Å²) in [4.78, 5) is 22.8. The van der Waals surface area contributed by atoms with E-state index in [0.29, 0.717) is 5.92 Å². The number of urea groups is 1. The zero-order valence-corrected chi connectivity index (χ0v) is 12.6. The zero-order valence-electron chi connectivity index (χ0n) is 11.8. The van der Waals surface area contributed by atoms with Gasteiger partial charge in [-0.25, -0.2) is 18.0 Å². The van der Waals surface area contributed by atoms with Crippen molar-refractivity contribution in [1.29, 1.82) is 0 Å². The van der Waals surface area contributed by atoms with Gasteiger partial charge in [0.2, 0.25) is 0 Å². The molecule has 3 atom stereocenters. The van der Waals surface area contributed by atoms with E-state index in [1.165, 1.54) is 0 Å². The largest absolute Gasteiger partial charge is 0.480 e. The van der Waals surface area contributed by atoms with Crippen molar-refractivity contribution in [2.45, 2.75) is 44.7 Å². The van der Waals surface area contributed by atoms with Crippen molar-refractivity contribution in [2.75, 3.05) is 12.0 Å². The molecule has 0 spiro atoms. The number of aliphatic carboxylic acids is 1. The fourth-order valence-electron chi connectivity index (χ4n) is 2.32. The minimum atomic E-state index is -3.25. The van der Waals surface area contributed by atoms with Crippen LogP contribution in [0.5, 0.6) is 0 Å². The van der Waals surface area contributed by atoms with Crippen molar-refractivity contribution in [3.05, 3.63) is 0 Å². The van der Waals surface area contributed by atoms with Gasteiger partial charge in [0, 0.05) is 12.3 Å². The van der Waals surface area contributed by atoms with E-state index in [-0.39, 0.29) is 18.2 Å². The minimum absolute atomic E-state index is 0.0550. The Labute approximate surface area is 119 Å². The Hall–Kier alpha value is -1.31. The number of carboxylic acid groups (broad SMARTS) is 1. The summed E-state index contributed by atoms with van der Waals surface area (Å²) in [6.07, 6.45) is 3.87. The first-order valence-electron chi connectivity index (χ1n) is 6.66. The Kier molecular flexibility index (Phi) is 5.79. The van der Waals surface area contributed by atoms with Crippen LogP contribution in [0.2, 0.25) is 0 Å². The maximum atomic E-state index is 11.7. The number of carboxylic acids is 1. The van der Waals surface area contributed by atoms with E-state index in [2.05, 4.69) is 10.6 Å². The van der Waals surface area contributed by atoms with Crippen molar-refractivity contribution in [1.82, 2.24) is 10.6 Å². The molecule has 0 aliphatic heterocycles. The highest BCUT2D eigenvalue weighted by atomic mass is 32.2. The molecule has 1 fully saturated rings. The second-order valence-corrected chi connectivity index (χ2v) is 7.70. The normalized spacial score (nSPS) is 24.1. The van der Waals surface area contributed by atoms with Crippen LogP contribution in [0.1, 0.15) is 32.6 Å². The molecule has 0 aromatic heterocycles. The average molecular weight is 306 g/mol. The van der Waals surface area contributed by atoms with E-state index in [9.17, 15) is 18.0 Å². The van der Waals surface area contributed by atoms with E-state index >= 15 is 0 Å². The molecule has 7 nitrogen and oxygen atoms in total. The Morgan fingerprint density at radius 3 is 2.45 bits per heavy atom. The molecule has 0 radical (unpaired) electrons. The fraction of sp³-hybridized carbons (Fsp3) is 0.833. The first-order valence-corrected chi connectivity index (χ1v) is 8.72. The molecule has 1 rings (SSSR count). The lowest BCUT2D eigenvalue weighted by molar-refractivity contribution is -0.139. The SMILES string of the molecule is CC1CCCC1NC(=O)NC(CCS(C)(=O)=O)C(=O)O. The third kappa shape index (κ3) is 5.77. The van der Waals surface area contributed by atoms with Gasteiger partial charge in [-0.2, -0.15) is 0 Å². The zero-order chi connectivity index (χ0) is 15.3. The molecule has 0 saturated heterocycles. The maximum absolute atomic E-state index is 11.7. The van der Waals surface area contributed by atoms with Crippen molar-refractivity contribution >= 4 is 21.8 Å². The molecule has 0 bridgehead atoms. The number of nitrogens with one attached hydrogen (secondary N) is 2. The van der Waals surface area contributed by atoms with E-state index in [0.717, 1.165) is 25.5 Å². The molecule has 3 unspecified atom stereocenters. The summed E-state index contributed by atoms with van der Waals surface area (Å²) in [5.74, 6) is -1.13. The molecule has 8 heteroatoms. The molecule has 0 aromatic rings. The number of sulfone groups is 1. The number of carbonyl (C=O) groups excluding carboxylic acids is 1. The second kappa shape index (κ2) is 6.92. The minimum Gasteiger partial charge on any atom is -0.480 e. The topological polar surface area (TPSA) is 113 Å². The predicted molar refractivity (Wildman–Crippen MR) is 74.2 cm³/mol. The summed E-state index contributed by atoms with van der Waals surface area (Å²) in [7, 11) is -3.25. The first-order chi connectivity index (χ1) is 9.19. The molecule has 2 amide bonds. The Morgan fingerprint density at radius 1 is 1.35 bits per heavy atom. The van der Waals surface area contributed by atoms with Gasteiger partial charge in [0.1, 0.15) is 15.9 Å². The molecule has 0 heterocycles. The van der Waals surface area contributed by atoms with Crippen molar-refractivity contribution in [3.8, 4) is 0 Å². The number of rotatable bonds is 6. The van der Waals surface area contributed by atoms with Gasteiger partial charge in [-0.3, -0.25) is 0 Å². The Balaban J connectivity index is 2.48. The van der Waals surface area contributed by atoms with E-state index in [1.807, 2.05) is 6.92 Å². The highest BCUT2D eigenvalue weighted by molar-refractivity contribution is 7.90. The first kappa shape index (κ1) is 16.7. The van der Waals surface area contributed by atoms with Crippen LogP contribution < -0.4 is 10.6 Å². The van der Waals surface area contributed by atoms with Gasteiger partial charge in [0.15, 0.2) is 0 Å². The molecule has 1 saturated carbocycles. The smallest absolute Gasteiger partial charge is 0.326 e. The van der Waals surface area contributed by atoms with E-state index < -0.39 is 27.9 Å². The van der Waals surface area contributed by atoms with Crippen LogP contribution in [-0.2, 0) is 14.6 Å². The number of hydrogen-bond acceptors (Lipinski definition) is 4. The third-order valence-corrected chi connectivity index (χ3v) is 4.54. The lowest BCUT2D eigenvalue weighted by atomic mass is 10.1. The Bertz CT molecular complexity index is 462. The highest BCUT2D eigenvalue weighted by Crippen LogP contribution is 2.24. The summed E-state index contributed by atoms with van der Waals surface area (Å²) in [6, 6.07) is -1.69. The van der Waals surface area contributed by atoms with Crippen molar-refractivity contribution < 1.29 is 23.1 Å². The van der Waals surface area contributed by atoms with Gasteiger partial charge < -0.3 is 15.7 Å². The fourth-order valence-corrected chi connectivity index (χ4v) is 2.98. The lowest BCUT2D eigenvalue weighted by Crippen LogP contribution is -2.50. The van der Waals surface area contributed by atoms with Crippen LogP contribution in [0.3, 0.4) is 0 Å².